The van der Waals surface area contributed by atoms with Crippen molar-refractivity contribution in [1.82, 2.24) is 0 Å². The molecule has 0 saturated carbocycles. The summed E-state index contributed by atoms with van der Waals surface area (Å²) in [4.78, 5) is 11.0. The molecule has 0 N–H and O–H groups in total. The highest BCUT2D eigenvalue weighted by Crippen LogP contribution is 1.93. The molecular formula is C13H26O6. The van der Waals surface area contributed by atoms with Crippen LogP contribution in [0.4, 0.5) is 0 Å². The van der Waals surface area contributed by atoms with Gasteiger partial charge in [0.25, 0.3) is 0 Å². The fraction of sp³-hybridized carbons (Fsp3) is 0.923. The van der Waals surface area contributed by atoms with E-state index in [1.807, 2.05) is 0 Å². The number of methoxy groups -OCH3 is 1. The molecule has 0 radical (unpaired) electrons. The third kappa shape index (κ3) is 15.3. The van der Waals surface area contributed by atoms with Crippen LogP contribution >= 0.6 is 0 Å². The minimum absolute atomic E-state index is 0.171. The molecule has 0 aliphatic carbocycles. The van der Waals surface area contributed by atoms with Crippen LogP contribution in [0.2, 0.25) is 0 Å². The Morgan fingerprint density at radius 1 is 0.842 bits per heavy atom. The van der Waals surface area contributed by atoms with Crippen LogP contribution in [-0.2, 0) is 28.5 Å². The van der Waals surface area contributed by atoms with Gasteiger partial charge in [-0.15, -0.1) is 0 Å². The van der Waals surface area contributed by atoms with Gasteiger partial charge in [-0.25, -0.2) is 0 Å². The van der Waals surface area contributed by atoms with Gasteiger partial charge in [0.1, 0.15) is 0 Å². The predicted molar refractivity (Wildman–Crippen MR) is 70.2 cm³/mol. The molecule has 0 rings (SSSR count). The van der Waals surface area contributed by atoms with Crippen LogP contribution in [0.3, 0.4) is 0 Å². The molecule has 0 aliphatic rings. The Morgan fingerprint density at radius 3 is 1.89 bits per heavy atom. The second kappa shape index (κ2) is 15.4. The number of hydrogen-bond acceptors (Lipinski definition) is 6. The van der Waals surface area contributed by atoms with E-state index in [0.29, 0.717) is 65.7 Å². The number of rotatable bonds is 14. The van der Waals surface area contributed by atoms with Crippen LogP contribution < -0.4 is 0 Å². The number of ether oxygens (including phenoxy) is 5. The molecule has 0 aromatic rings. The summed E-state index contributed by atoms with van der Waals surface area (Å²) in [6.07, 6.45) is 1.08. The molecule has 0 aromatic heterocycles. The van der Waals surface area contributed by atoms with Gasteiger partial charge in [-0.05, 0) is 13.3 Å². The number of carbonyl (C=O) groups excluding carboxylic acids is 1. The number of esters is 1. The Labute approximate surface area is 115 Å². The van der Waals surface area contributed by atoms with Crippen molar-refractivity contribution in [3.05, 3.63) is 0 Å². The maximum absolute atomic E-state index is 11.0. The zero-order valence-corrected chi connectivity index (χ0v) is 12.0. The fourth-order valence-corrected chi connectivity index (χ4v) is 1.24. The first-order chi connectivity index (χ1) is 9.31. The van der Waals surface area contributed by atoms with Crippen molar-refractivity contribution < 1.29 is 28.5 Å². The van der Waals surface area contributed by atoms with Crippen molar-refractivity contribution in [2.24, 2.45) is 0 Å². The van der Waals surface area contributed by atoms with Crippen LogP contribution in [0.15, 0.2) is 0 Å². The summed E-state index contributed by atoms with van der Waals surface area (Å²) in [7, 11) is 1.64. The first kappa shape index (κ1) is 18.3. The van der Waals surface area contributed by atoms with E-state index in [-0.39, 0.29) is 5.97 Å². The van der Waals surface area contributed by atoms with Crippen LogP contribution in [-0.4, -0.2) is 65.9 Å². The monoisotopic (exact) mass is 278 g/mol. The lowest BCUT2D eigenvalue weighted by molar-refractivity contribution is -0.143. The highest BCUT2D eigenvalue weighted by atomic mass is 16.6. The van der Waals surface area contributed by atoms with E-state index in [1.54, 1.807) is 14.0 Å². The van der Waals surface area contributed by atoms with E-state index < -0.39 is 0 Å². The van der Waals surface area contributed by atoms with Gasteiger partial charge in [0, 0.05) is 20.1 Å². The van der Waals surface area contributed by atoms with E-state index in [9.17, 15) is 4.79 Å². The summed E-state index contributed by atoms with van der Waals surface area (Å²) in [6.45, 7) is 6.14. The molecule has 0 bridgehead atoms. The van der Waals surface area contributed by atoms with E-state index in [2.05, 4.69) is 0 Å². The van der Waals surface area contributed by atoms with Crippen LogP contribution in [0, 0.1) is 0 Å². The highest BCUT2D eigenvalue weighted by molar-refractivity contribution is 5.69. The third-order valence-electron chi connectivity index (χ3n) is 2.15. The summed E-state index contributed by atoms with van der Waals surface area (Å²) in [6, 6.07) is 0. The third-order valence-corrected chi connectivity index (χ3v) is 2.15. The molecular weight excluding hydrogens is 252 g/mol. The van der Waals surface area contributed by atoms with Crippen molar-refractivity contribution in [3.8, 4) is 0 Å². The fourth-order valence-electron chi connectivity index (χ4n) is 1.24. The summed E-state index contributed by atoms with van der Waals surface area (Å²) >= 11 is 0. The molecule has 0 unspecified atom stereocenters. The Bertz CT molecular complexity index is 198. The van der Waals surface area contributed by atoms with Gasteiger partial charge in [-0.2, -0.15) is 0 Å². The second-order valence-electron chi connectivity index (χ2n) is 3.74. The van der Waals surface area contributed by atoms with Crippen molar-refractivity contribution in [3.63, 3.8) is 0 Å². The molecule has 0 saturated heterocycles. The van der Waals surface area contributed by atoms with Gasteiger partial charge in [0.2, 0.25) is 0 Å². The molecule has 114 valence electrons. The Hall–Kier alpha value is -0.690. The quantitative estimate of drug-likeness (QED) is 0.349. The maximum Gasteiger partial charge on any atom is 0.305 e. The Balaban J connectivity index is 3.01. The van der Waals surface area contributed by atoms with E-state index in [0.717, 1.165) is 0 Å². The molecule has 0 fully saturated rings. The molecule has 19 heavy (non-hydrogen) atoms. The van der Waals surface area contributed by atoms with Crippen molar-refractivity contribution >= 4 is 5.97 Å². The van der Waals surface area contributed by atoms with Gasteiger partial charge < -0.3 is 23.7 Å². The van der Waals surface area contributed by atoms with Crippen molar-refractivity contribution in [2.45, 2.75) is 19.8 Å². The van der Waals surface area contributed by atoms with Gasteiger partial charge in [0.05, 0.1) is 46.2 Å². The van der Waals surface area contributed by atoms with Crippen LogP contribution in [0.1, 0.15) is 19.8 Å². The largest absolute Gasteiger partial charge is 0.466 e. The molecule has 0 amide bonds. The normalized spacial score (nSPS) is 10.6. The first-order valence-corrected chi connectivity index (χ1v) is 6.69. The minimum atomic E-state index is -0.171. The molecule has 0 atom stereocenters. The van der Waals surface area contributed by atoms with Crippen LogP contribution in [0.5, 0.6) is 0 Å². The topological polar surface area (TPSA) is 63.2 Å². The molecule has 0 aliphatic heterocycles. The predicted octanol–water partition coefficient (Wildman–Crippen LogP) is 1.03. The highest BCUT2D eigenvalue weighted by Gasteiger charge is 2.00. The molecule has 6 nitrogen and oxygen atoms in total. The van der Waals surface area contributed by atoms with Gasteiger partial charge in [0.15, 0.2) is 0 Å². The summed E-state index contributed by atoms with van der Waals surface area (Å²) in [5.74, 6) is -0.171. The summed E-state index contributed by atoms with van der Waals surface area (Å²) in [5, 5.41) is 0. The van der Waals surface area contributed by atoms with Crippen LogP contribution in [0.25, 0.3) is 0 Å². The first-order valence-electron chi connectivity index (χ1n) is 6.69. The molecule has 0 spiro atoms. The zero-order chi connectivity index (χ0) is 14.2. The SMILES string of the molecule is CCOC(=O)CCCOCCOCCOCCOC. The van der Waals surface area contributed by atoms with E-state index in [1.165, 1.54) is 0 Å². The summed E-state index contributed by atoms with van der Waals surface area (Å²) < 4.78 is 25.5. The molecule has 0 heterocycles. The number of carbonyl (C=O) groups is 1. The van der Waals surface area contributed by atoms with Crippen molar-refractivity contribution in [1.29, 1.82) is 0 Å². The smallest absolute Gasteiger partial charge is 0.305 e. The lowest BCUT2D eigenvalue weighted by Gasteiger charge is -2.06. The Morgan fingerprint density at radius 2 is 1.37 bits per heavy atom. The summed E-state index contributed by atoms with van der Waals surface area (Å²) in [5.41, 5.74) is 0. The lowest BCUT2D eigenvalue weighted by Crippen LogP contribution is -2.12. The zero-order valence-electron chi connectivity index (χ0n) is 12.0. The average molecular weight is 278 g/mol. The lowest BCUT2D eigenvalue weighted by atomic mass is 10.3. The maximum atomic E-state index is 11.0. The Kier molecular flexibility index (Phi) is 14.8. The second-order valence-corrected chi connectivity index (χ2v) is 3.74. The average Bonchev–Trinajstić information content (AvgIpc) is 2.40. The van der Waals surface area contributed by atoms with Gasteiger partial charge >= 0.3 is 5.97 Å². The molecule has 0 aromatic carbocycles. The number of hydrogen-bond donors (Lipinski definition) is 0. The van der Waals surface area contributed by atoms with E-state index in [4.69, 9.17) is 23.7 Å². The standard InChI is InChI=1S/C13H26O6/c1-3-19-13(14)5-4-6-16-9-10-18-12-11-17-8-7-15-2/h3-12H2,1-2H3. The molecule has 6 heteroatoms. The van der Waals surface area contributed by atoms with Crippen molar-refractivity contribution in [2.75, 3.05) is 60.0 Å². The van der Waals surface area contributed by atoms with Gasteiger partial charge in [-0.1, -0.05) is 0 Å². The van der Waals surface area contributed by atoms with E-state index >= 15 is 0 Å². The minimum Gasteiger partial charge on any atom is -0.466 e. The van der Waals surface area contributed by atoms with Gasteiger partial charge in [-0.3, -0.25) is 4.79 Å².